The number of hydrogen-bond acceptors (Lipinski definition) is 6. The van der Waals surface area contributed by atoms with Gasteiger partial charge in [-0.05, 0) is 58.7 Å². The number of esters is 1. The van der Waals surface area contributed by atoms with Gasteiger partial charge >= 0.3 is 37.1 Å². The Morgan fingerprint density at radius 1 is 0.788 bits per heavy atom. The van der Waals surface area contributed by atoms with Crippen LogP contribution in [0, 0.1) is 56.3 Å². The largest absolute Gasteiger partial charge is 2.00 e. The number of likely N-dealkylation sites (tertiary alicyclic amines) is 1. The summed E-state index contributed by atoms with van der Waals surface area (Å²) in [5, 5.41) is 3.03. The van der Waals surface area contributed by atoms with Crippen molar-refractivity contribution in [3.63, 3.8) is 0 Å². The Balaban J connectivity index is -0.00000240. The first-order valence-electron chi connectivity index (χ1n) is 21.8. The maximum Gasteiger partial charge on any atom is 2.00 e. The van der Waals surface area contributed by atoms with Crippen LogP contribution in [0.25, 0.3) is 0 Å². The van der Waals surface area contributed by atoms with E-state index < -0.39 is 0 Å². The first-order chi connectivity index (χ1) is 24.8. The van der Waals surface area contributed by atoms with Gasteiger partial charge in [-0.25, -0.2) is 0 Å². The molecule has 1 aliphatic heterocycles. The molecule has 1 N–H and O–H groups in total. The van der Waals surface area contributed by atoms with Crippen LogP contribution in [0.2, 0.25) is 0 Å². The van der Waals surface area contributed by atoms with Gasteiger partial charge in [0.25, 0.3) is 0 Å². The Hall–Kier alpha value is -0.348. The molecule has 0 saturated carbocycles. The molecule has 0 bridgehead atoms. The number of Topliss-reactive ketones (excluding diaryl/α,β-unsaturated/α-hetero) is 1. The third-order valence-electron chi connectivity index (χ3n) is 9.91. The fourth-order valence-corrected chi connectivity index (χ4v) is 6.71. The number of nitrogens with one attached hydrogen (secondary N) is 1. The smallest absolute Gasteiger partial charge is 0.497 e. The van der Waals surface area contributed by atoms with E-state index in [-0.39, 0.29) is 48.9 Å². The predicted octanol–water partition coefficient (Wildman–Crippen LogP) is 12.3. The Bertz CT molecular complexity index is 776. The van der Waals surface area contributed by atoms with Crippen molar-refractivity contribution in [2.24, 2.45) is 11.8 Å². The van der Waals surface area contributed by atoms with Crippen molar-refractivity contribution >= 4 is 11.8 Å². The monoisotopic (exact) mass is 959 g/mol. The molecule has 7 heteroatoms. The third-order valence-corrected chi connectivity index (χ3v) is 9.91. The second kappa shape index (κ2) is 43.4. The van der Waals surface area contributed by atoms with Gasteiger partial charge in [0.2, 0.25) is 0 Å². The van der Waals surface area contributed by atoms with Gasteiger partial charge in [0.15, 0.2) is 0 Å². The van der Waals surface area contributed by atoms with Gasteiger partial charge in [-0.15, -0.1) is 6.54 Å². The number of hydrogen-bond donors (Lipinski definition) is 1. The summed E-state index contributed by atoms with van der Waals surface area (Å²) >= 11 is 0. The minimum Gasteiger partial charge on any atom is -0.497 e. The van der Waals surface area contributed by atoms with Gasteiger partial charge in [-0.1, -0.05) is 144 Å². The summed E-state index contributed by atoms with van der Waals surface area (Å²) in [6, 6.07) is 0.305. The Morgan fingerprint density at radius 2 is 1.29 bits per heavy atom. The van der Waals surface area contributed by atoms with Crippen molar-refractivity contribution in [2.45, 2.75) is 202 Å². The van der Waals surface area contributed by atoms with E-state index in [1.807, 2.05) is 20.9 Å². The predicted molar refractivity (Wildman–Crippen MR) is 222 cm³/mol. The molecule has 0 spiro atoms. The average molecular weight is 959 g/mol. The maximum absolute atomic E-state index is 13.4. The summed E-state index contributed by atoms with van der Waals surface area (Å²) in [5.41, 5.74) is 0. The van der Waals surface area contributed by atoms with Gasteiger partial charge < -0.3 is 33.0 Å². The molecule has 0 aromatic carbocycles. The number of ether oxygens (including phenoxy) is 2. The first kappa shape index (κ1) is 56.0. The molecular formula is C45H88N2O4U. The number of unbranched alkanes of at least 4 members (excludes halogenated alkanes) is 15. The van der Waals surface area contributed by atoms with Crippen LogP contribution in [0.5, 0.6) is 0 Å². The molecule has 1 heterocycles. The van der Waals surface area contributed by atoms with Crippen LogP contribution >= 0.6 is 0 Å². The quantitative estimate of drug-likeness (QED) is 0.0306. The molecule has 6 nitrogen and oxygen atoms in total. The van der Waals surface area contributed by atoms with E-state index >= 15 is 0 Å². The van der Waals surface area contributed by atoms with Crippen LogP contribution in [0.3, 0.4) is 0 Å². The van der Waals surface area contributed by atoms with E-state index in [1.54, 1.807) is 0 Å². The summed E-state index contributed by atoms with van der Waals surface area (Å²) in [6.07, 6.45) is 30.6. The van der Waals surface area contributed by atoms with Gasteiger partial charge in [-0.2, -0.15) is 12.8 Å². The van der Waals surface area contributed by atoms with E-state index in [1.165, 1.54) is 84.0 Å². The van der Waals surface area contributed by atoms with Crippen molar-refractivity contribution in [1.82, 2.24) is 10.2 Å². The second-order valence-corrected chi connectivity index (χ2v) is 14.5. The summed E-state index contributed by atoms with van der Waals surface area (Å²) < 4.78 is 11.1. The van der Waals surface area contributed by atoms with Crippen molar-refractivity contribution in [3.05, 3.63) is 25.7 Å². The van der Waals surface area contributed by atoms with Gasteiger partial charge in [0.05, 0.1) is 13.2 Å². The first-order valence-corrected chi connectivity index (χ1v) is 21.8. The van der Waals surface area contributed by atoms with E-state index in [2.05, 4.69) is 50.9 Å². The molecule has 0 amide bonds. The molecular weight excluding hydrogens is 871 g/mol. The number of carbonyl (C=O) groups excluding carboxylic acids is 2. The van der Waals surface area contributed by atoms with Crippen LogP contribution < -0.4 is 5.32 Å². The summed E-state index contributed by atoms with van der Waals surface area (Å²) in [6.45, 7) is 24.6. The summed E-state index contributed by atoms with van der Waals surface area (Å²) in [4.78, 5) is 26.7. The van der Waals surface area contributed by atoms with E-state index in [4.69, 9.17) is 9.47 Å². The number of nitrogens with zero attached hydrogens (tertiary/aromatic N) is 1. The third kappa shape index (κ3) is 34.2. The fraction of sp³-hybridized carbons (Fsp3) is 0.867. The van der Waals surface area contributed by atoms with Crippen LogP contribution in [0.4, 0.5) is 0 Å². The molecule has 306 valence electrons. The zero-order valence-electron chi connectivity index (χ0n) is 35.8. The normalized spacial score (nSPS) is 15.0. The van der Waals surface area contributed by atoms with Crippen LogP contribution in [-0.4, -0.2) is 62.6 Å². The fourth-order valence-electron chi connectivity index (χ4n) is 6.71. The van der Waals surface area contributed by atoms with Gasteiger partial charge in [0, 0.05) is 24.8 Å². The number of rotatable bonds is 33. The van der Waals surface area contributed by atoms with Crippen molar-refractivity contribution in [3.8, 4) is 0 Å². The minimum absolute atomic E-state index is 0. The van der Waals surface area contributed by atoms with Crippen molar-refractivity contribution in [2.75, 3.05) is 39.9 Å². The van der Waals surface area contributed by atoms with E-state index in [0.717, 1.165) is 109 Å². The van der Waals surface area contributed by atoms with Crippen LogP contribution in [-0.2, 0) is 19.1 Å². The Labute approximate surface area is 349 Å². The molecule has 1 saturated heterocycles. The average Bonchev–Trinajstić information content (AvgIpc) is 3.61. The Morgan fingerprint density at radius 3 is 1.83 bits per heavy atom. The molecule has 1 fully saturated rings. The molecule has 1 rings (SSSR count). The molecule has 0 aromatic rings. The molecule has 3 unspecified atom stereocenters. The topological polar surface area (TPSA) is 67.9 Å². The van der Waals surface area contributed by atoms with E-state index in [0.29, 0.717) is 18.4 Å². The number of ketones is 1. The summed E-state index contributed by atoms with van der Waals surface area (Å²) in [5.74, 6) is 1.76. The summed E-state index contributed by atoms with van der Waals surface area (Å²) in [7, 11) is 1.95. The zero-order chi connectivity index (χ0) is 38.4. The number of carbonyl (C=O) groups is 2. The Kier molecular flexibility index (Phi) is 46.7. The molecule has 0 aromatic heterocycles. The zero-order valence-corrected chi connectivity index (χ0v) is 40.0. The standard InChI is InChI=1S/C38H70NO4.C5H12N.C2H6.U/c1-6-8-10-12-13-20-27-36(26-19-11-9-7-2)38(41)33(3)25-18-14-16-22-31-42-34(4)37-28-24-30-39(37)29-21-15-17-23-32-43-35(5)40;1-3-4-5-6-2;1-2;/h24,33,36-37H,4,6-23,25-32H2,1-3,5H3;6H,1,3-5H2,2H3;1-2H3;/q2*-1;;+2. The van der Waals surface area contributed by atoms with Crippen molar-refractivity contribution in [1.29, 1.82) is 0 Å². The molecule has 0 radical (unpaired) electrons. The minimum atomic E-state index is -0.189. The maximum atomic E-state index is 13.4. The van der Waals surface area contributed by atoms with E-state index in [9.17, 15) is 9.59 Å². The molecule has 0 aliphatic carbocycles. The molecule has 3 atom stereocenters. The SMILES string of the molecule is C=C(OCCCCCCC(C)C(=O)C(CCCCCC)CCCCCCCC)C1C[CH-]CN1CCCCCCOC(C)=O.CC.[CH2-]CCCNC.[U+2]. The van der Waals surface area contributed by atoms with Gasteiger partial charge in [-0.3, -0.25) is 9.59 Å². The van der Waals surface area contributed by atoms with Crippen molar-refractivity contribution < 1.29 is 50.2 Å². The molecule has 52 heavy (non-hydrogen) atoms. The van der Waals surface area contributed by atoms with Gasteiger partial charge in [0.1, 0.15) is 11.5 Å². The van der Waals surface area contributed by atoms with Crippen LogP contribution in [0.1, 0.15) is 196 Å². The molecule has 1 aliphatic rings. The van der Waals surface area contributed by atoms with Crippen LogP contribution in [0.15, 0.2) is 12.3 Å². The second-order valence-electron chi connectivity index (χ2n) is 14.5.